The van der Waals surface area contributed by atoms with Crippen molar-refractivity contribution in [1.82, 2.24) is 31.2 Å². The number of aromatic amines is 1. The molecule has 1 heterocycles. The molecule has 0 aliphatic heterocycles. The molecule has 13 nitrogen and oxygen atoms in total. The molecule has 0 spiro atoms. The van der Waals surface area contributed by atoms with Crippen molar-refractivity contribution >= 4 is 29.6 Å². The molecule has 0 aliphatic carbocycles. The first-order valence-electron chi connectivity index (χ1n) is 10.1. The van der Waals surface area contributed by atoms with E-state index in [4.69, 9.17) is 10.8 Å². The van der Waals surface area contributed by atoms with Gasteiger partial charge in [0.05, 0.1) is 12.9 Å². The monoisotopic (exact) mass is 453 g/mol. The SMILES string of the molecule is CC(C)[C@H](NC(=O)[C@H](Cc1cnc[nH]1)NC(=O)CN)C(=O)N[C@@H](C)C(=O)N[C@@H](C)C(=O)O. The predicted molar refractivity (Wildman–Crippen MR) is 113 cm³/mol. The lowest BCUT2D eigenvalue weighted by atomic mass is 10.0. The van der Waals surface area contributed by atoms with E-state index in [0.29, 0.717) is 5.69 Å². The van der Waals surface area contributed by atoms with Crippen LogP contribution in [0.1, 0.15) is 33.4 Å². The van der Waals surface area contributed by atoms with E-state index in [1.807, 2.05) is 0 Å². The number of nitrogens with two attached hydrogens (primary N) is 1. The maximum absolute atomic E-state index is 12.9. The highest BCUT2D eigenvalue weighted by Gasteiger charge is 2.31. The number of carbonyl (C=O) groups excluding carboxylic acids is 4. The summed E-state index contributed by atoms with van der Waals surface area (Å²) in [6, 6.07) is -4.21. The minimum Gasteiger partial charge on any atom is -0.480 e. The number of aliphatic carboxylic acids is 1. The molecule has 0 bridgehead atoms. The third kappa shape index (κ3) is 8.34. The summed E-state index contributed by atoms with van der Waals surface area (Å²) in [6.07, 6.45) is 3.02. The Morgan fingerprint density at radius 3 is 2.09 bits per heavy atom. The first-order valence-corrected chi connectivity index (χ1v) is 10.1. The number of carboxylic acid groups (broad SMARTS) is 1. The van der Waals surface area contributed by atoms with Crippen molar-refractivity contribution in [2.75, 3.05) is 6.54 Å². The smallest absolute Gasteiger partial charge is 0.325 e. The molecule has 178 valence electrons. The van der Waals surface area contributed by atoms with Crippen molar-refractivity contribution in [2.45, 2.75) is 58.3 Å². The van der Waals surface area contributed by atoms with E-state index < -0.39 is 53.8 Å². The molecule has 0 saturated heterocycles. The Morgan fingerprint density at radius 2 is 1.59 bits per heavy atom. The number of hydrogen-bond donors (Lipinski definition) is 7. The van der Waals surface area contributed by atoms with Gasteiger partial charge < -0.3 is 37.1 Å². The molecule has 0 unspecified atom stereocenters. The van der Waals surface area contributed by atoms with Gasteiger partial charge >= 0.3 is 5.97 Å². The van der Waals surface area contributed by atoms with E-state index in [0.717, 1.165) is 0 Å². The largest absolute Gasteiger partial charge is 0.480 e. The van der Waals surface area contributed by atoms with Crippen LogP contribution in [0.15, 0.2) is 12.5 Å². The van der Waals surface area contributed by atoms with Gasteiger partial charge in [-0.15, -0.1) is 0 Å². The Balaban J connectivity index is 2.86. The van der Waals surface area contributed by atoms with Crippen LogP contribution in [-0.4, -0.2) is 75.4 Å². The van der Waals surface area contributed by atoms with Crippen LogP contribution >= 0.6 is 0 Å². The van der Waals surface area contributed by atoms with E-state index in [1.54, 1.807) is 13.8 Å². The topological polar surface area (TPSA) is 208 Å². The number of carbonyl (C=O) groups is 5. The molecule has 0 aromatic carbocycles. The minimum atomic E-state index is -1.22. The third-order valence-corrected chi connectivity index (χ3v) is 4.54. The Labute approximate surface area is 185 Å². The molecule has 13 heteroatoms. The van der Waals surface area contributed by atoms with Gasteiger partial charge in [-0.1, -0.05) is 13.8 Å². The van der Waals surface area contributed by atoms with Crippen LogP contribution in [0.25, 0.3) is 0 Å². The predicted octanol–water partition coefficient (Wildman–Crippen LogP) is -2.37. The van der Waals surface area contributed by atoms with Gasteiger partial charge in [-0.2, -0.15) is 0 Å². The van der Waals surface area contributed by atoms with Gasteiger partial charge in [0.2, 0.25) is 23.6 Å². The molecule has 4 atom stereocenters. The van der Waals surface area contributed by atoms with E-state index in [2.05, 4.69) is 31.2 Å². The summed E-state index contributed by atoms with van der Waals surface area (Å²) in [5, 5.41) is 18.7. The summed E-state index contributed by atoms with van der Waals surface area (Å²) in [6.45, 7) is 5.77. The van der Waals surface area contributed by atoms with Crippen molar-refractivity contribution in [3.05, 3.63) is 18.2 Å². The molecule has 0 radical (unpaired) electrons. The van der Waals surface area contributed by atoms with Crippen LogP contribution in [0.2, 0.25) is 0 Å². The number of H-pyrrole nitrogens is 1. The first kappa shape index (κ1) is 26.6. The molecule has 1 aromatic heterocycles. The molecule has 1 aromatic rings. The number of carboxylic acids is 1. The van der Waals surface area contributed by atoms with Crippen molar-refractivity contribution in [2.24, 2.45) is 11.7 Å². The second-order valence-corrected chi connectivity index (χ2v) is 7.63. The molecule has 0 aliphatic rings. The Kier molecular flexibility index (Phi) is 10.3. The summed E-state index contributed by atoms with van der Waals surface area (Å²) < 4.78 is 0. The molecule has 0 saturated carbocycles. The fraction of sp³-hybridized carbons (Fsp3) is 0.579. The highest BCUT2D eigenvalue weighted by molar-refractivity contribution is 5.95. The Morgan fingerprint density at radius 1 is 0.969 bits per heavy atom. The van der Waals surface area contributed by atoms with Gasteiger partial charge in [0, 0.05) is 18.3 Å². The van der Waals surface area contributed by atoms with Gasteiger partial charge in [-0.05, 0) is 19.8 Å². The van der Waals surface area contributed by atoms with Crippen LogP contribution in [0.4, 0.5) is 0 Å². The second-order valence-electron chi connectivity index (χ2n) is 7.63. The van der Waals surface area contributed by atoms with Gasteiger partial charge in [-0.25, -0.2) is 4.98 Å². The van der Waals surface area contributed by atoms with Crippen molar-refractivity contribution in [3.63, 3.8) is 0 Å². The first-order chi connectivity index (χ1) is 15.0. The molecule has 0 fully saturated rings. The molecule has 8 N–H and O–H groups in total. The van der Waals surface area contributed by atoms with E-state index >= 15 is 0 Å². The number of amides is 4. The zero-order valence-electron chi connectivity index (χ0n) is 18.5. The van der Waals surface area contributed by atoms with Gasteiger partial charge in [0.25, 0.3) is 0 Å². The van der Waals surface area contributed by atoms with Crippen LogP contribution in [0.3, 0.4) is 0 Å². The molecule has 32 heavy (non-hydrogen) atoms. The third-order valence-electron chi connectivity index (χ3n) is 4.54. The summed E-state index contributed by atoms with van der Waals surface area (Å²) in [5.41, 5.74) is 5.91. The van der Waals surface area contributed by atoms with E-state index in [-0.39, 0.29) is 18.9 Å². The van der Waals surface area contributed by atoms with E-state index in [1.165, 1.54) is 26.4 Å². The second kappa shape index (κ2) is 12.4. The fourth-order valence-electron chi connectivity index (χ4n) is 2.64. The van der Waals surface area contributed by atoms with Gasteiger partial charge in [-0.3, -0.25) is 24.0 Å². The number of hydrogen-bond acceptors (Lipinski definition) is 7. The summed E-state index contributed by atoms with van der Waals surface area (Å²) in [5.74, 6) is -4.06. The quantitative estimate of drug-likeness (QED) is 0.181. The summed E-state index contributed by atoms with van der Waals surface area (Å²) in [4.78, 5) is 67.0. The van der Waals surface area contributed by atoms with Crippen molar-refractivity contribution in [3.8, 4) is 0 Å². The highest BCUT2D eigenvalue weighted by Crippen LogP contribution is 2.06. The number of nitrogens with zero attached hydrogens (tertiary/aromatic N) is 1. The Bertz CT molecular complexity index is 811. The van der Waals surface area contributed by atoms with Crippen molar-refractivity contribution in [1.29, 1.82) is 0 Å². The number of nitrogens with one attached hydrogen (secondary N) is 5. The maximum atomic E-state index is 12.9. The average molecular weight is 454 g/mol. The van der Waals surface area contributed by atoms with Crippen LogP contribution in [0.5, 0.6) is 0 Å². The van der Waals surface area contributed by atoms with Crippen LogP contribution in [0, 0.1) is 5.92 Å². The zero-order valence-corrected chi connectivity index (χ0v) is 18.5. The van der Waals surface area contributed by atoms with E-state index in [9.17, 15) is 24.0 Å². The van der Waals surface area contributed by atoms with Crippen LogP contribution < -0.4 is 27.0 Å². The normalized spacial score (nSPS) is 14.6. The lowest BCUT2D eigenvalue weighted by Gasteiger charge is -2.26. The molecule has 4 amide bonds. The van der Waals surface area contributed by atoms with Gasteiger partial charge in [0.15, 0.2) is 0 Å². The maximum Gasteiger partial charge on any atom is 0.325 e. The summed E-state index contributed by atoms with van der Waals surface area (Å²) >= 11 is 0. The van der Waals surface area contributed by atoms with Gasteiger partial charge in [0.1, 0.15) is 24.2 Å². The number of imidazole rings is 1. The average Bonchev–Trinajstić information content (AvgIpc) is 3.23. The van der Waals surface area contributed by atoms with Crippen molar-refractivity contribution < 1.29 is 29.1 Å². The standard InChI is InChI=1S/C19H31N7O6/c1-9(2)15(18(30)23-10(3)16(28)24-11(4)19(31)32)26-17(29)13(25-14(27)6-20)5-12-7-21-8-22-12/h7-11,13,15H,5-6,20H2,1-4H3,(H,21,22)(H,23,30)(H,24,28)(H,25,27)(H,26,29)(H,31,32)/t10-,11-,13-,15-/m0/s1. The molecule has 1 rings (SSSR count). The Hall–Kier alpha value is -3.48. The fourth-order valence-corrected chi connectivity index (χ4v) is 2.64. The lowest BCUT2D eigenvalue weighted by Crippen LogP contribution is -2.59. The zero-order chi connectivity index (χ0) is 24.4. The number of rotatable bonds is 12. The minimum absolute atomic E-state index is 0.0931. The molecular formula is C19H31N7O6. The lowest BCUT2D eigenvalue weighted by molar-refractivity contribution is -0.141. The highest BCUT2D eigenvalue weighted by atomic mass is 16.4. The number of aromatic nitrogens is 2. The summed E-state index contributed by atoms with van der Waals surface area (Å²) in [7, 11) is 0. The van der Waals surface area contributed by atoms with Crippen LogP contribution in [-0.2, 0) is 30.4 Å². The molecular weight excluding hydrogens is 422 g/mol.